The van der Waals surface area contributed by atoms with E-state index in [4.69, 9.17) is 0 Å². The zero-order chi connectivity index (χ0) is 17.1. The predicted octanol–water partition coefficient (Wildman–Crippen LogP) is 4.59. The normalized spacial score (nSPS) is 10.7. The number of benzene rings is 2. The second kappa shape index (κ2) is 6.60. The molecule has 0 spiro atoms. The van der Waals surface area contributed by atoms with Crippen molar-refractivity contribution in [2.24, 2.45) is 0 Å². The number of hydrogen-bond acceptors (Lipinski definition) is 3. The highest BCUT2D eigenvalue weighted by atomic mass is 16.6. The Hall–Kier alpha value is -2.69. The van der Waals surface area contributed by atoms with E-state index in [-0.39, 0.29) is 17.3 Å². The minimum absolute atomic E-state index is 0.0970. The topological polar surface area (TPSA) is 72.2 Å². The van der Waals surface area contributed by atoms with E-state index in [9.17, 15) is 14.9 Å². The van der Waals surface area contributed by atoms with Gasteiger partial charge in [-0.3, -0.25) is 14.9 Å². The summed E-state index contributed by atoms with van der Waals surface area (Å²) in [5.74, 6) is 0.0318. The second-order valence-corrected chi connectivity index (χ2v) is 5.89. The molecule has 0 atom stereocenters. The van der Waals surface area contributed by atoms with E-state index in [2.05, 4.69) is 19.2 Å². The summed E-state index contributed by atoms with van der Waals surface area (Å²) in [6.07, 6.45) is 0. The van der Waals surface area contributed by atoms with E-state index >= 15 is 0 Å². The van der Waals surface area contributed by atoms with Gasteiger partial charge < -0.3 is 5.32 Å². The lowest BCUT2D eigenvalue weighted by atomic mass is 10.0. The molecule has 23 heavy (non-hydrogen) atoms. The van der Waals surface area contributed by atoms with Gasteiger partial charge in [0.15, 0.2) is 0 Å². The number of nitrogens with zero attached hydrogens (tertiary/aromatic N) is 1. The fraction of sp³-hybridized carbons (Fsp3) is 0.278. The number of nitro groups is 1. The molecule has 2 rings (SSSR count). The maximum absolute atomic E-state index is 12.4. The maximum atomic E-state index is 12.4. The van der Waals surface area contributed by atoms with Gasteiger partial charge in [0.25, 0.3) is 11.6 Å². The van der Waals surface area contributed by atoms with Gasteiger partial charge in [0.2, 0.25) is 0 Å². The van der Waals surface area contributed by atoms with Gasteiger partial charge in [-0.1, -0.05) is 32.0 Å². The monoisotopic (exact) mass is 312 g/mol. The zero-order valence-corrected chi connectivity index (χ0v) is 13.7. The maximum Gasteiger partial charge on any atom is 0.293 e. The van der Waals surface area contributed by atoms with Crippen LogP contribution in [0.5, 0.6) is 0 Å². The highest BCUT2D eigenvalue weighted by molar-refractivity contribution is 6.06. The van der Waals surface area contributed by atoms with Crippen molar-refractivity contribution < 1.29 is 9.72 Å². The molecule has 0 heterocycles. The van der Waals surface area contributed by atoms with Gasteiger partial charge in [0.05, 0.1) is 4.92 Å². The first kappa shape index (κ1) is 16.7. The summed E-state index contributed by atoms with van der Waals surface area (Å²) in [4.78, 5) is 23.1. The van der Waals surface area contributed by atoms with Gasteiger partial charge >= 0.3 is 0 Å². The first-order chi connectivity index (χ1) is 10.8. The van der Waals surface area contributed by atoms with Gasteiger partial charge in [-0.05, 0) is 48.6 Å². The van der Waals surface area contributed by atoms with E-state index in [0.29, 0.717) is 17.0 Å². The molecule has 2 aromatic carbocycles. The Morgan fingerprint density at radius 2 is 1.70 bits per heavy atom. The first-order valence-corrected chi connectivity index (χ1v) is 7.47. The van der Waals surface area contributed by atoms with E-state index in [0.717, 1.165) is 11.1 Å². The molecule has 0 bridgehead atoms. The molecular formula is C18H20N2O3. The number of rotatable bonds is 4. The third-order valence-electron chi connectivity index (χ3n) is 3.99. The van der Waals surface area contributed by atoms with Crippen LogP contribution in [-0.4, -0.2) is 10.8 Å². The summed E-state index contributed by atoms with van der Waals surface area (Å²) >= 11 is 0. The smallest absolute Gasteiger partial charge is 0.293 e. The van der Waals surface area contributed by atoms with Crippen molar-refractivity contribution in [3.05, 3.63) is 68.8 Å². The Kier molecular flexibility index (Phi) is 4.79. The summed E-state index contributed by atoms with van der Waals surface area (Å²) in [6.45, 7) is 7.77. The lowest BCUT2D eigenvalue weighted by molar-refractivity contribution is -0.384. The van der Waals surface area contributed by atoms with Gasteiger partial charge in [-0.25, -0.2) is 0 Å². The third-order valence-corrected chi connectivity index (χ3v) is 3.99. The Morgan fingerprint density at radius 3 is 2.22 bits per heavy atom. The quantitative estimate of drug-likeness (QED) is 0.663. The molecule has 0 saturated heterocycles. The van der Waals surface area contributed by atoms with Crippen molar-refractivity contribution >= 4 is 17.3 Å². The van der Waals surface area contributed by atoms with Crippen molar-refractivity contribution in [3.8, 4) is 0 Å². The molecule has 120 valence electrons. The second-order valence-electron chi connectivity index (χ2n) is 5.89. The first-order valence-electron chi connectivity index (χ1n) is 7.47. The van der Waals surface area contributed by atoms with E-state index in [1.807, 2.05) is 19.1 Å². The Labute approximate surface area is 135 Å². The van der Waals surface area contributed by atoms with Crippen LogP contribution in [0.15, 0.2) is 36.4 Å². The van der Waals surface area contributed by atoms with Crippen molar-refractivity contribution in [1.29, 1.82) is 0 Å². The van der Waals surface area contributed by atoms with E-state index in [1.165, 1.54) is 6.07 Å². The van der Waals surface area contributed by atoms with Crippen LogP contribution in [0.2, 0.25) is 0 Å². The number of carbonyl (C=O) groups is 1. The Bertz CT molecular complexity index is 750. The molecule has 1 N–H and O–H groups in total. The third kappa shape index (κ3) is 3.56. The summed E-state index contributed by atoms with van der Waals surface area (Å²) in [7, 11) is 0. The summed E-state index contributed by atoms with van der Waals surface area (Å²) in [5.41, 5.74) is 3.37. The number of hydrogen-bond donors (Lipinski definition) is 1. The lowest BCUT2D eigenvalue weighted by Gasteiger charge is -2.12. The van der Waals surface area contributed by atoms with E-state index in [1.54, 1.807) is 25.1 Å². The van der Waals surface area contributed by atoms with Crippen molar-refractivity contribution in [3.63, 3.8) is 0 Å². The van der Waals surface area contributed by atoms with Gasteiger partial charge in [-0.2, -0.15) is 0 Å². The molecule has 2 aromatic rings. The Morgan fingerprint density at radius 1 is 1.09 bits per heavy atom. The van der Waals surface area contributed by atoms with Gasteiger partial charge in [-0.15, -0.1) is 0 Å². The number of anilines is 1. The highest BCUT2D eigenvalue weighted by Gasteiger charge is 2.20. The minimum Gasteiger partial charge on any atom is -0.316 e. The average molecular weight is 312 g/mol. The number of aryl methyl sites for hydroxylation is 1. The molecule has 5 nitrogen and oxygen atoms in total. The molecule has 0 fully saturated rings. The number of carbonyl (C=O) groups excluding carboxylic acids is 1. The van der Waals surface area contributed by atoms with Crippen LogP contribution >= 0.6 is 0 Å². The number of amides is 1. The molecule has 0 aliphatic carbocycles. The van der Waals surface area contributed by atoms with Crippen molar-refractivity contribution in [2.45, 2.75) is 33.6 Å². The van der Waals surface area contributed by atoms with Gasteiger partial charge in [0.1, 0.15) is 5.69 Å². The summed E-state index contributed by atoms with van der Waals surface area (Å²) in [5, 5.41) is 13.9. The minimum atomic E-state index is -0.482. The molecular weight excluding hydrogens is 292 g/mol. The van der Waals surface area contributed by atoms with Crippen LogP contribution in [0.4, 0.5) is 11.4 Å². The number of nitrogens with one attached hydrogen (secondary N) is 1. The average Bonchev–Trinajstić information content (AvgIpc) is 2.51. The van der Waals surface area contributed by atoms with Crippen LogP contribution in [0, 0.1) is 24.0 Å². The molecule has 5 heteroatoms. The SMILES string of the molecule is Cc1ccc([N+](=O)[O-])c(NC(=O)c2ccc(C(C)C)cc2)c1C. The fourth-order valence-corrected chi connectivity index (χ4v) is 2.32. The Balaban J connectivity index is 2.33. The molecule has 0 aliphatic heterocycles. The zero-order valence-electron chi connectivity index (χ0n) is 13.7. The molecule has 0 saturated carbocycles. The molecule has 0 aromatic heterocycles. The van der Waals surface area contributed by atoms with Crippen molar-refractivity contribution in [2.75, 3.05) is 5.32 Å². The summed E-state index contributed by atoms with van der Waals surface area (Å²) in [6, 6.07) is 10.4. The highest BCUT2D eigenvalue weighted by Crippen LogP contribution is 2.30. The number of nitro benzene ring substituents is 1. The molecule has 0 unspecified atom stereocenters. The fourth-order valence-electron chi connectivity index (χ4n) is 2.32. The van der Waals surface area contributed by atoms with Crippen LogP contribution in [0.3, 0.4) is 0 Å². The standard InChI is InChI=1S/C18H20N2O3/c1-11(2)14-6-8-15(9-7-14)18(21)19-17-13(4)12(3)5-10-16(17)20(22)23/h5-11H,1-4H3,(H,19,21). The summed E-state index contributed by atoms with van der Waals surface area (Å²) < 4.78 is 0. The lowest BCUT2D eigenvalue weighted by Crippen LogP contribution is -2.14. The van der Waals surface area contributed by atoms with Crippen molar-refractivity contribution in [1.82, 2.24) is 0 Å². The largest absolute Gasteiger partial charge is 0.316 e. The van der Waals surface area contributed by atoms with Crippen LogP contribution < -0.4 is 5.32 Å². The van der Waals surface area contributed by atoms with Gasteiger partial charge in [0, 0.05) is 11.6 Å². The molecule has 0 aliphatic rings. The predicted molar refractivity (Wildman–Crippen MR) is 91.1 cm³/mol. The van der Waals surface area contributed by atoms with Crippen LogP contribution in [0.25, 0.3) is 0 Å². The molecule has 1 amide bonds. The molecule has 0 radical (unpaired) electrons. The van der Waals surface area contributed by atoms with E-state index < -0.39 is 4.92 Å². The van der Waals surface area contributed by atoms with Crippen LogP contribution in [-0.2, 0) is 0 Å². The van der Waals surface area contributed by atoms with Crippen LogP contribution in [0.1, 0.15) is 46.8 Å².